The number of benzene rings is 1. The van der Waals surface area contributed by atoms with Gasteiger partial charge in [0, 0.05) is 30.7 Å². The van der Waals surface area contributed by atoms with E-state index in [-0.39, 0.29) is 12.1 Å². The topological polar surface area (TPSA) is 54.5 Å². The highest BCUT2D eigenvalue weighted by atomic mass is 35.5. The van der Waals surface area contributed by atoms with Gasteiger partial charge in [0.1, 0.15) is 16.9 Å². The molecule has 27 heavy (non-hydrogen) atoms. The Bertz CT molecular complexity index is 799. The van der Waals surface area contributed by atoms with E-state index in [1.807, 2.05) is 0 Å². The van der Waals surface area contributed by atoms with Crippen LogP contribution in [0.25, 0.3) is 0 Å². The van der Waals surface area contributed by atoms with E-state index < -0.39 is 11.7 Å². The van der Waals surface area contributed by atoms with Crippen molar-refractivity contribution >= 4 is 23.3 Å². The molecule has 144 valence electrons. The van der Waals surface area contributed by atoms with Crippen LogP contribution in [0.5, 0.6) is 5.75 Å². The summed E-state index contributed by atoms with van der Waals surface area (Å²) in [6, 6.07) is 5.60. The molecule has 0 spiro atoms. The number of nitrogens with one attached hydrogen (secondary N) is 1. The van der Waals surface area contributed by atoms with Gasteiger partial charge in [0.2, 0.25) is 0 Å². The number of urea groups is 1. The molecule has 2 heterocycles. The van der Waals surface area contributed by atoms with Crippen LogP contribution in [0.1, 0.15) is 18.4 Å². The van der Waals surface area contributed by atoms with Crippen LogP contribution < -0.4 is 10.1 Å². The number of hydrogen-bond acceptors (Lipinski definition) is 3. The Morgan fingerprint density at radius 3 is 2.67 bits per heavy atom. The van der Waals surface area contributed by atoms with Crippen molar-refractivity contribution in [2.45, 2.75) is 25.1 Å². The number of anilines is 1. The molecule has 1 aliphatic heterocycles. The van der Waals surface area contributed by atoms with Gasteiger partial charge in [-0.3, -0.25) is 4.98 Å². The number of halogens is 4. The quantitative estimate of drug-likeness (QED) is 0.804. The van der Waals surface area contributed by atoms with Gasteiger partial charge in [-0.2, -0.15) is 13.2 Å². The predicted octanol–water partition coefficient (Wildman–Crippen LogP) is 4.83. The molecule has 0 bridgehead atoms. The van der Waals surface area contributed by atoms with Crippen molar-refractivity contribution in [3.8, 4) is 5.75 Å². The normalized spacial score (nSPS) is 17.5. The lowest BCUT2D eigenvalue weighted by Crippen LogP contribution is -2.46. The monoisotopic (exact) mass is 399 g/mol. The van der Waals surface area contributed by atoms with E-state index in [0.717, 1.165) is 25.0 Å². The van der Waals surface area contributed by atoms with E-state index in [2.05, 4.69) is 10.3 Å². The molecular weight excluding hydrogens is 383 g/mol. The molecule has 1 N–H and O–H groups in total. The molecule has 0 aliphatic carbocycles. The van der Waals surface area contributed by atoms with Gasteiger partial charge in [0.05, 0.1) is 12.1 Å². The lowest BCUT2D eigenvalue weighted by molar-refractivity contribution is -0.137. The second kappa shape index (κ2) is 8.04. The van der Waals surface area contributed by atoms with Crippen molar-refractivity contribution in [1.29, 1.82) is 0 Å². The van der Waals surface area contributed by atoms with Crippen molar-refractivity contribution in [2.75, 3.05) is 18.4 Å². The number of piperidine rings is 1. The summed E-state index contributed by atoms with van der Waals surface area (Å²) in [6.45, 7) is 0.890. The highest BCUT2D eigenvalue weighted by Gasteiger charge is 2.30. The third-order valence-corrected chi connectivity index (χ3v) is 4.44. The first-order valence-corrected chi connectivity index (χ1v) is 8.70. The van der Waals surface area contributed by atoms with Crippen LogP contribution in [0.3, 0.4) is 0 Å². The summed E-state index contributed by atoms with van der Waals surface area (Å²) in [5.74, 6) is 0.502. The Morgan fingerprint density at radius 1 is 1.26 bits per heavy atom. The second-order valence-corrected chi connectivity index (χ2v) is 6.55. The summed E-state index contributed by atoms with van der Waals surface area (Å²) >= 11 is 6.03. The number of aromatic nitrogens is 1. The van der Waals surface area contributed by atoms with Crippen molar-refractivity contribution in [3.05, 3.63) is 53.3 Å². The molecular formula is C18H17ClF3N3O2. The third-order valence-electron chi connectivity index (χ3n) is 4.16. The van der Waals surface area contributed by atoms with E-state index in [1.54, 1.807) is 17.2 Å². The fourth-order valence-electron chi connectivity index (χ4n) is 2.80. The number of hydrogen-bond donors (Lipinski definition) is 1. The van der Waals surface area contributed by atoms with E-state index in [9.17, 15) is 18.0 Å². The van der Waals surface area contributed by atoms with Crippen LogP contribution in [0, 0.1) is 0 Å². The van der Waals surface area contributed by atoms with E-state index in [4.69, 9.17) is 16.3 Å². The van der Waals surface area contributed by atoms with E-state index >= 15 is 0 Å². The van der Waals surface area contributed by atoms with Crippen molar-refractivity contribution in [2.24, 2.45) is 0 Å². The number of pyridine rings is 1. The average molecular weight is 400 g/mol. The summed E-state index contributed by atoms with van der Waals surface area (Å²) in [6.07, 6.45) is -0.0736. The molecule has 2 aromatic rings. The summed E-state index contributed by atoms with van der Waals surface area (Å²) in [7, 11) is 0. The molecule has 1 aromatic heterocycles. The van der Waals surface area contributed by atoms with Crippen LogP contribution in [-0.2, 0) is 6.18 Å². The van der Waals surface area contributed by atoms with Crippen LogP contribution in [0.15, 0.2) is 42.7 Å². The minimum absolute atomic E-state index is 0.225. The van der Waals surface area contributed by atoms with Gasteiger partial charge >= 0.3 is 12.2 Å². The van der Waals surface area contributed by atoms with Crippen molar-refractivity contribution < 1.29 is 22.7 Å². The number of alkyl halides is 3. The minimum atomic E-state index is -4.41. The van der Waals surface area contributed by atoms with Crippen LogP contribution in [0.2, 0.25) is 5.02 Å². The molecule has 1 unspecified atom stereocenters. The zero-order valence-corrected chi connectivity index (χ0v) is 14.9. The highest BCUT2D eigenvalue weighted by molar-refractivity contribution is 6.31. The standard InChI is InChI=1S/C18H17ClF3N3O2/c19-15-10-23-8-7-16(15)27-14-2-1-9-25(11-14)17(26)24-13-5-3-12(4-6-13)18(20,21)22/h3-8,10,14H,1-2,9,11H2,(H,24,26). The molecule has 1 atom stereocenters. The Hall–Kier alpha value is -2.48. The summed E-state index contributed by atoms with van der Waals surface area (Å²) in [5.41, 5.74) is -0.464. The number of likely N-dealkylation sites (tertiary alicyclic amines) is 1. The SMILES string of the molecule is O=C(Nc1ccc(C(F)(F)F)cc1)N1CCCC(Oc2ccncc2Cl)C1. The highest BCUT2D eigenvalue weighted by Crippen LogP contribution is 2.30. The molecule has 3 rings (SSSR count). The Balaban J connectivity index is 1.59. The molecule has 1 aromatic carbocycles. The molecule has 1 saturated heterocycles. The summed E-state index contributed by atoms with van der Waals surface area (Å²) in [5, 5.41) is 3.01. The lowest BCUT2D eigenvalue weighted by atomic mass is 10.1. The smallest absolute Gasteiger partial charge is 0.416 e. The first-order chi connectivity index (χ1) is 12.8. The average Bonchev–Trinajstić information content (AvgIpc) is 2.63. The summed E-state index contributed by atoms with van der Waals surface area (Å²) in [4.78, 5) is 17.9. The van der Waals surface area contributed by atoms with Crippen LogP contribution in [-0.4, -0.2) is 35.1 Å². The number of carbonyl (C=O) groups is 1. The first kappa shape index (κ1) is 19.3. The van der Waals surface area contributed by atoms with Gasteiger partial charge in [0.25, 0.3) is 0 Å². The van der Waals surface area contributed by atoms with Crippen LogP contribution in [0.4, 0.5) is 23.7 Å². The number of rotatable bonds is 3. The maximum absolute atomic E-state index is 12.6. The first-order valence-electron chi connectivity index (χ1n) is 8.32. The minimum Gasteiger partial charge on any atom is -0.487 e. The molecule has 5 nitrogen and oxygen atoms in total. The molecule has 0 saturated carbocycles. The number of carbonyl (C=O) groups excluding carboxylic acids is 1. The summed E-state index contributed by atoms with van der Waals surface area (Å²) < 4.78 is 43.7. The Morgan fingerprint density at radius 2 is 2.00 bits per heavy atom. The maximum Gasteiger partial charge on any atom is 0.416 e. The Kier molecular flexibility index (Phi) is 5.74. The fraction of sp³-hybridized carbons (Fsp3) is 0.333. The third kappa shape index (κ3) is 5.03. The molecule has 0 radical (unpaired) electrons. The number of ether oxygens (including phenoxy) is 1. The fourth-order valence-corrected chi connectivity index (χ4v) is 2.97. The van der Waals surface area contributed by atoms with E-state index in [0.29, 0.717) is 29.5 Å². The molecule has 9 heteroatoms. The van der Waals surface area contributed by atoms with Gasteiger partial charge in [-0.25, -0.2) is 4.79 Å². The van der Waals surface area contributed by atoms with Crippen molar-refractivity contribution in [3.63, 3.8) is 0 Å². The number of amides is 2. The zero-order chi connectivity index (χ0) is 19.4. The van der Waals surface area contributed by atoms with Crippen molar-refractivity contribution in [1.82, 2.24) is 9.88 Å². The van der Waals surface area contributed by atoms with Gasteiger partial charge < -0.3 is 15.0 Å². The maximum atomic E-state index is 12.6. The molecule has 1 fully saturated rings. The molecule has 2 amide bonds. The molecule has 1 aliphatic rings. The predicted molar refractivity (Wildman–Crippen MR) is 94.9 cm³/mol. The number of nitrogens with zero attached hydrogens (tertiary/aromatic N) is 2. The van der Waals surface area contributed by atoms with E-state index in [1.165, 1.54) is 18.3 Å². The van der Waals surface area contributed by atoms with Gasteiger partial charge in [0.15, 0.2) is 0 Å². The second-order valence-electron chi connectivity index (χ2n) is 6.14. The van der Waals surface area contributed by atoms with Gasteiger partial charge in [-0.05, 0) is 37.1 Å². The van der Waals surface area contributed by atoms with Gasteiger partial charge in [-0.15, -0.1) is 0 Å². The zero-order valence-electron chi connectivity index (χ0n) is 14.2. The lowest BCUT2D eigenvalue weighted by Gasteiger charge is -2.33. The van der Waals surface area contributed by atoms with Crippen LogP contribution >= 0.6 is 11.6 Å². The Labute approximate surface area is 159 Å². The largest absolute Gasteiger partial charge is 0.487 e. The van der Waals surface area contributed by atoms with Gasteiger partial charge in [-0.1, -0.05) is 11.6 Å².